The Labute approximate surface area is 856 Å². The molecule has 0 aromatic heterocycles. The minimum absolute atomic E-state index is 0. The van der Waals surface area contributed by atoms with Crippen LogP contribution in [0.2, 0.25) is 0 Å². The third kappa shape index (κ3) is 28.3. The number of ketones is 3. The molecule has 0 unspecified atom stereocenters. The fourth-order valence-corrected chi connectivity index (χ4v) is 16.8. The molecule has 16 rings (SSSR count). The number of hydrogen-bond donors (Lipinski definition) is 0. The van der Waals surface area contributed by atoms with Gasteiger partial charge in [-0.2, -0.15) is 109 Å². The maximum absolute atomic E-state index is 12.3. The van der Waals surface area contributed by atoms with Gasteiger partial charge in [0, 0.05) is 186 Å². The molecule has 0 fully saturated rings. The van der Waals surface area contributed by atoms with Crippen molar-refractivity contribution in [2.24, 2.45) is 0 Å². The zero-order chi connectivity index (χ0) is 93.8. The van der Waals surface area contributed by atoms with Crippen molar-refractivity contribution in [1.29, 1.82) is 0 Å². The van der Waals surface area contributed by atoms with Crippen LogP contribution in [-0.4, -0.2) is 67.8 Å². The number of hydrogen-bond acceptors (Lipinski definition) is 6. The van der Waals surface area contributed by atoms with E-state index in [1.54, 1.807) is 20.8 Å². The summed E-state index contributed by atoms with van der Waals surface area (Å²) in [6, 6.07) is 92.4. The summed E-state index contributed by atoms with van der Waals surface area (Å²) >= 11 is 0. The normalized spacial score (nSPS) is 16.1. The van der Waals surface area contributed by atoms with Crippen LogP contribution in [0.3, 0.4) is 0 Å². The zero-order valence-corrected chi connectivity index (χ0v) is 91.4. The van der Waals surface area contributed by atoms with E-state index in [1.165, 1.54) is 49.9 Å². The third-order valence-corrected chi connectivity index (χ3v) is 22.5. The van der Waals surface area contributed by atoms with Crippen molar-refractivity contribution in [2.75, 3.05) is 34.3 Å². The van der Waals surface area contributed by atoms with Gasteiger partial charge in [-0.15, -0.1) is 0 Å². The summed E-state index contributed by atoms with van der Waals surface area (Å²) < 4.78 is 6.11. The monoisotopic (exact) mass is 1950 g/mol. The fourth-order valence-electron chi connectivity index (χ4n) is 16.8. The van der Waals surface area contributed by atoms with E-state index in [-0.39, 0.29) is 148 Å². The second-order valence-electron chi connectivity index (χ2n) is 32.7. The number of carbonyl (C=O) groups excluding carboxylic acids is 3. The summed E-state index contributed by atoms with van der Waals surface area (Å²) in [6.07, 6.45) is 23.4. The Bertz CT molecular complexity index is 5360. The first-order valence-electron chi connectivity index (χ1n) is 45.3. The third-order valence-electron chi connectivity index (χ3n) is 22.5. The van der Waals surface area contributed by atoms with Gasteiger partial charge < -0.3 is 28.4 Å². The minimum atomic E-state index is -0.237. The van der Waals surface area contributed by atoms with Gasteiger partial charge >= 0.3 is 0 Å². The summed E-state index contributed by atoms with van der Waals surface area (Å²) in [5, 5.41) is 2.47. The van der Waals surface area contributed by atoms with Crippen LogP contribution in [0, 0.1) is 39.3 Å². The van der Waals surface area contributed by atoms with Crippen LogP contribution in [0.4, 0.5) is 34.1 Å². The Morgan fingerprint density at radius 2 is 0.566 bits per heavy atom. The van der Waals surface area contributed by atoms with E-state index in [9.17, 15) is 14.4 Å². The number of benzene rings is 10. The van der Waals surface area contributed by atoms with Gasteiger partial charge in [0.05, 0.1) is 36.8 Å². The molecule has 6 heterocycles. The number of fused-ring (bicyclic) bond motifs is 8. The zero-order valence-electron chi connectivity index (χ0n) is 82.9. The summed E-state index contributed by atoms with van der Waals surface area (Å²) in [4.78, 5) is 42.7. The second kappa shape index (κ2) is 56.0. The number of carbonyl (C=O) groups is 3. The van der Waals surface area contributed by atoms with Crippen molar-refractivity contribution < 1.29 is 126 Å². The number of Topliss-reactive ketones (excluding diaryl/α,β-unsaturated/α-hetero) is 3. The van der Waals surface area contributed by atoms with Gasteiger partial charge in [-0.3, -0.25) is 14.4 Å². The molecule has 129 heavy (non-hydrogen) atoms. The SMILES string of the molecule is CC.CC.CC.CC.CC.CC.[CH2-][N+]1=C(C=CC=C2N(CC(C)=O)c3ccc4ccccc4c3C2(C)C)C(C)(C)c2ccccc21.[CH2-][N+]1=C(C=CC=C2N(CC(C)=O)c3ccccc3C2(C)C)C(C)(C)c2ccccc21.[CH2-][N+]1=C(C=CC=CC=C2N(CC(C)=O)c3ccccc3C2(C)C)C(C)(C)c2ccccc21.[Y].[Y].[Y].[c-]1ccccc1.[c-]1ccccc1.[c-]1ccccc1. The molecular weight excluding hydrogens is 1800 g/mol. The standard InChI is InChI=1S/C31H32N2O.C29H32N2O.C27H30N2O.3C6H5.6C2H6.3Y/c1-21(34)20-33-26-19-18-22-12-7-8-13-23(22)29(26)31(4,5)28(33)17-11-16-27-30(2,3)24-14-9-10-15-25(24)32(27)6;1-21(32)20-31-25-17-13-11-15-23(25)29(4,5)27(31)19-9-7-8-18-26-28(2,3)22-14-10-12-16-24(22)30(26)6;1-19(30)18-29-23-15-10-8-13-21(23)27(4,5)25(29)17-11-16-24-26(2,3)20-12-7-9-14-22(20)28(24)6;3*1-2-4-6-5-3-1;6*1-2;;;/h7-19H,6,20H2,1-5H3;7-19H,6,20H2,1-5H3;7-17H,6,18H2,1-5H3;3*1-5H;6*1-2H3;;;/q;;;3*-1;;;;;;;;;. The fraction of sp³-hybridized carbons (Fsp3) is 0.308. The van der Waals surface area contributed by atoms with Crippen molar-refractivity contribution in [3.8, 4) is 0 Å². The summed E-state index contributed by atoms with van der Waals surface area (Å²) in [5.74, 6) is 0.461. The average Bonchev–Trinajstić information content (AvgIpc) is 1.56. The Kier molecular flexibility index (Phi) is 50.4. The summed E-state index contributed by atoms with van der Waals surface area (Å²) in [5.41, 5.74) is 20.5. The molecule has 0 aliphatic carbocycles. The molecule has 9 nitrogen and oxygen atoms in total. The molecule has 0 amide bonds. The van der Waals surface area contributed by atoms with Crippen molar-refractivity contribution in [2.45, 2.75) is 219 Å². The predicted octanol–water partition coefficient (Wildman–Crippen LogP) is 29.4. The Morgan fingerprint density at radius 1 is 0.295 bits per heavy atom. The molecule has 0 saturated carbocycles. The Hall–Kier alpha value is -9.02. The van der Waals surface area contributed by atoms with E-state index in [1.807, 2.05) is 200 Å². The Balaban J connectivity index is 0.000000558. The van der Waals surface area contributed by atoms with E-state index >= 15 is 0 Å². The number of rotatable bonds is 13. The summed E-state index contributed by atoms with van der Waals surface area (Å²) in [6.45, 7) is 56.9. The molecule has 0 bridgehead atoms. The molecule has 0 atom stereocenters. The van der Waals surface area contributed by atoms with E-state index in [0.29, 0.717) is 19.6 Å². The van der Waals surface area contributed by atoms with Crippen LogP contribution >= 0.6 is 0 Å². The molecule has 12 heteroatoms. The van der Waals surface area contributed by atoms with E-state index in [4.69, 9.17) is 0 Å². The summed E-state index contributed by atoms with van der Waals surface area (Å²) in [7, 11) is 12.9. The van der Waals surface area contributed by atoms with Gasteiger partial charge in [0.2, 0.25) is 0 Å². The van der Waals surface area contributed by atoms with Gasteiger partial charge in [0.15, 0.2) is 0 Å². The first-order chi connectivity index (χ1) is 60.4. The first kappa shape index (κ1) is 116. The molecule has 673 valence electrons. The number of allylic oxidation sites excluding steroid dienone is 14. The molecule has 6 aliphatic heterocycles. The van der Waals surface area contributed by atoms with Crippen LogP contribution in [0.5, 0.6) is 0 Å². The van der Waals surface area contributed by atoms with Gasteiger partial charge in [0.1, 0.15) is 34.4 Å². The van der Waals surface area contributed by atoms with Crippen molar-refractivity contribution in [1.82, 2.24) is 0 Å². The number of para-hydroxylation sites is 5. The molecule has 6 aliphatic rings. The quantitative estimate of drug-likeness (QED) is 0.0651. The molecule has 0 spiro atoms. The predicted molar refractivity (Wildman–Crippen MR) is 544 cm³/mol. The van der Waals surface area contributed by atoms with Crippen LogP contribution in [0.1, 0.15) is 220 Å². The number of nitrogens with zero attached hydrogens (tertiary/aromatic N) is 6. The number of anilines is 3. The van der Waals surface area contributed by atoms with Crippen molar-refractivity contribution in [3.63, 3.8) is 0 Å². The largest absolute Gasteiger partial charge is 0.337 e. The van der Waals surface area contributed by atoms with Crippen LogP contribution in [0.25, 0.3) is 10.8 Å². The molecule has 3 radical (unpaired) electrons. The molecule has 10 aromatic rings. The van der Waals surface area contributed by atoms with Crippen LogP contribution in [-0.2, 0) is 145 Å². The maximum Gasteiger partial charge on any atom is 0.149 e. The van der Waals surface area contributed by atoms with Crippen LogP contribution in [0.15, 0.2) is 333 Å². The second-order valence-corrected chi connectivity index (χ2v) is 32.7. The molecule has 0 saturated heterocycles. The molecular formula is C117H145N6O3Y3-3. The van der Waals surface area contributed by atoms with Gasteiger partial charge in [0.25, 0.3) is 0 Å². The minimum Gasteiger partial charge on any atom is -0.337 e. The van der Waals surface area contributed by atoms with Gasteiger partial charge in [-0.25, -0.2) is 0 Å². The topological polar surface area (TPSA) is 70.0 Å². The van der Waals surface area contributed by atoms with E-state index in [2.05, 4.69) is 350 Å². The maximum atomic E-state index is 12.3. The Morgan fingerprint density at radius 3 is 0.868 bits per heavy atom. The molecule has 10 aromatic carbocycles. The van der Waals surface area contributed by atoms with Crippen LogP contribution < -0.4 is 14.7 Å². The molecule has 0 N–H and O–H groups in total. The van der Waals surface area contributed by atoms with E-state index < -0.39 is 0 Å². The van der Waals surface area contributed by atoms with Crippen molar-refractivity contribution >= 4 is 79.4 Å². The first-order valence-corrected chi connectivity index (χ1v) is 45.3. The van der Waals surface area contributed by atoms with Gasteiger partial charge in [-0.05, 0) is 120 Å². The average molecular weight is 1950 g/mol. The van der Waals surface area contributed by atoms with Crippen molar-refractivity contribution in [3.05, 3.63) is 405 Å². The smallest absolute Gasteiger partial charge is 0.149 e. The van der Waals surface area contributed by atoms with E-state index in [0.717, 1.165) is 62.6 Å². The van der Waals surface area contributed by atoms with Gasteiger partial charge in [-0.1, -0.05) is 336 Å².